The van der Waals surface area contributed by atoms with Crippen LogP contribution in [0.1, 0.15) is 30.9 Å². The van der Waals surface area contributed by atoms with Gasteiger partial charge in [-0.2, -0.15) is 0 Å². The summed E-state index contributed by atoms with van der Waals surface area (Å²) in [6.07, 6.45) is 5.81. The van der Waals surface area contributed by atoms with Crippen molar-refractivity contribution in [2.45, 2.75) is 25.3 Å². The van der Waals surface area contributed by atoms with Gasteiger partial charge in [0.1, 0.15) is 0 Å². The quantitative estimate of drug-likeness (QED) is 0.742. The van der Waals surface area contributed by atoms with Crippen LogP contribution in [0.15, 0.2) is 18.3 Å². The zero-order chi connectivity index (χ0) is 10.7. The largest absolute Gasteiger partial charge is 0.481 e. The normalized spacial score (nSPS) is 22.7. The number of nitrogens with zero attached hydrogens (tertiary/aromatic N) is 2. The van der Waals surface area contributed by atoms with Crippen LogP contribution in [-0.2, 0) is 0 Å². The van der Waals surface area contributed by atoms with Crippen LogP contribution in [0, 0.1) is 0 Å². The maximum atomic E-state index is 5.06. The smallest absolute Gasteiger partial charge is 0.212 e. The molecule has 1 aromatic heterocycles. The fraction of sp³-hybridized carbons (Fsp3) is 0.583. The van der Waals surface area contributed by atoms with Crippen LogP contribution < -0.4 is 4.74 Å². The Balaban J connectivity index is 2.13. The van der Waals surface area contributed by atoms with Gasteiger partial charge in [-0.3, -0.25) is 4.90 Å². The van der Waals surface area contributed by atoms with Crippen molar-refractivity contribution < 1.29 is 4.74 Å². The highest BCUT2D eigenvalue weighted by molar-refractivity contribution is 5.21. The van der Waals surface area contributed by atoms with Crippen LogP contribution in [0.5, 0.6) is 5.88 Å². The van der Waals surface area contributed by atoms with Crippen molar-refractivity contribution in [3.63, 3.8) is 0 Å². The van der Waals surface area contributed by atoms with Crippen molar-refractivity contribution in [2.24, 2.45) is 0 Å². The predicted molar refractivity (Wildman–Crippen MR) is 60.0 cm³/mol. The van der Waals surface area contributed by atoms with E-state index in [0.29, 0.717) is 11.9 Å². The van der Waals surface area contributed by atoms with Crippen molar-refractivity contribution in [2.75, 3.05) is 20.7 Å². The average Bonchev–Trinajstić information content (AvgIpc) is 2.30. The fourth-order valence-electron chi connectivity index (χ4n) is 2.21. The summed E-state index contributed by atoms with van der Waals surface area (Å²) in [5.74, 6) is 0.692. The summed E-state index contributed by atoms with van der Waals surface area (Å²) in [6, 6.07) is 4.60. The SMILES string of the molecule is COc1ccc([C@H]2CCCCN2C)cn1. The Bertz CT molecular complexity index is 310. The first-order chi connectivity index (χ1) is 7.31. The van der Waals surface area contributed by atoms with E-state index in [1.165, 1.54) is 31.4 Å². The predicted octanol–water partition coefficient (Wildman–Crippen LogP) is 2.25. The number of methoxy groups -OCH3 is 1. The molecule has 1 aliphatic heterocycles. The van der Waals surface area contributed by atoms with E-state index in [2.05, 4.69) is 23.0 Å². The number of hydrogen-bond donors (Lipinski definition) is 0. The van der Waals surface area contributed by atoms with Crippen LogP contribution in [0.3, 0.4) is 0 Å². The van der Waals surface area contributed by atoms with Crippen molar-refractivity contribution in [3.05, 3.63) is 23.9 Å². The first kappa shape index (κ1) is 10.4. The average molecular weight is 206 g/mol. The van der Waals surface area contributed by atoms with Crippen LogP contribution in [-0.4, -0.2) is 30.6 Å². The summed E-state index contributed by atoms with van der Waals surface area (Å²) in [5, 5.41) is 0. The molecule has 0 unspecified atom stereocenters. The number of piperidine rings is 1. The third-order valence-corrected chi connectivity index (χ3v) is 3.12. The molecule has 1 atom stereocenters. The number of rotatable bonds is 2. The summed E-state index contributed by atoms with van der Waals surface area (Å²) in [6.45, 7) is 1.19. The molecule has 0 aromatic carbocycles. The van der Waals surface area contributed by atoms with E-state index < -0.39 is 0 Å². The number of aromatic nitrogens is 1. The van der Waals surface area contributed by atoms with Gasteiger partial charge in [-0.25, -0.2) is 4.98 Å². The molecular weight excluding hydrogens is 188 g/mol. The molecule has 1 fully saturated rings. The van der Waals surface area contributed by atoms with Crippen molar-refractivity contribution in [1.82, 2.24) is 9.88 Å². The summed E-state index contributed by atoms with van der Waals surface area (Å²) in [4.78, 5) is 6.67. The van der Waals surface area contributed by atoms with Gasteiger partial charge >= 0.3 is 0 Å². The summed E-state index contributed by atoms with van der Waals surface area (Å²) in [7, 11) is 3.84. The van der Waals surface area contributed by atoms with Gasteiger partial charge in [-0.1, -0.05) is 12.5 Å². The molecule has 0 radical (unpaired) electrons. The molecule has 3 nitrogen and oxygen atoms in total. The number of ether oxygens (including phenoxy) is 1. The molecule has 15 heavy (non-hydrogen) atoms. The van der Waals surface area contributed by atoms with Crippen LogP contribution >= 0.6 is 0 Å². The molecule has 2 rings (SSSR count). The van der Waals surface area contributed by atoms with Gasteiger partial charge in [-0.15, -0.1) is 0 Å². The van der Waals surface area contributed by atoms with E-state index in [4.69, 9.17) is 4.74 Å². The second kappa shape index (κ2) is 4.62. The molecule has 0 aliphatic carbocycles. The van der Waals surface area contributed by atoms with Crippen LogP contribution in [0.2, 0.25) is 0 Å². The zero-order valence-electron chi connectivity index (χ0n) is 9.44. The lowest BCUT2D eigenvalue weighted by Gasteiger charge is -2.32. The van der Waals surface area contributed by atoms with Crippen LogP contribution in [0.4, 0.5) is 0 Å². The molecule has 82 valence electrons. The molecule has 0 N–H and O–H groups in total. The van der Waals surface area contributed by atoms with Crippen LogP contribution in [0.25, 0.3) is 0 Å². The highest BCUT2D eigenvalue weighted by Crippen LogP contribution is 2.29. The Kier molecular flexibility index (Phi) is 3.21. The van der Waals surface area contributed by atoms with Crippen molar-refractivity contribution in [3.8, 4) is 5.88 Å². The van der Waals surface area contributed by atoms with Gasteiger partial charge < -0.3 is 4.74 Å². The van der Waals surface area contributed by atoms with Crippen molar-refractivity contribution >= 4 is 0 Å². The maximum Gasteiger partial charge on any atom is 0.212 e. The molecule has 0 saturated carbocycles. The fourth-order valence-corrected chi connectivity index (χ4v) is 2.21. The maximum absolute atomic E-state index is 5.06. The second-order valence-electron chi connectivity index (χ2n) is 4.13. The van der Waals surface area contributed by atoms with Gasteiger partial charge in [0.25, 0.3) is 0 Å². The van der Waals surface area contributed by atoms with E-state index in [0.717, 1.165) is 0 Å². The second-order valence-corrected chi connectivity index (χ2v) is 4.13. The monoisotopic (exact) mass is 206 g/mol. The number of pyridine rings is 1. The van der Waals surface area contributed by atoms with E-state index in [9.17, 15) is 0 Å². The lowest BCUT2D eigenvalue weighted by molar-refractivity contribution is 0.187. The Hall–Kier alpha value is -1.09. The first-order valence-corrected chi connectivity index (χ1v) is 5.51. The van der Waals surface area contributed by atoms with E-state index in [1.54, 1.807) is 7.11 Å². The third kappa shape index (κ3) is 2.29. The minimum absolute atomic E-state index is 0.539. The molecule has 1 aromatic rings. The standard InChI is InChI=1S/C12H18N2O/c1-14-8-4-3-5-11(14)10-6-7-12(15-2)13-9-10/h6-7,9,11H,3-5,8H2,1-2H3/t11-/m1/s1. The first-order valence-electron chi connectivity index (χ1n) is 5.51. The van der Waals surface area contributed by atoms with Gasteiger partial charge in [-0.05, 0) is 32.0 Å². The Morgan fingerprint density at radius 1 is 1.40 bits per heavy atom. The zero-order valence-corrected chi connectivity index (χ0v) is 9.44. The van der Waals surface area contributed by atoms with Gasteiger partial charge in [0.15, 0.2) is 0 Å². The van der Waals surface area contributed by atoms with Crippen molar-refractivity contribution in [1.29, 1.82) is 0 Å². The lowest BCUT2D eigenvalue weighted by atomic mass is 9.97. The summed E-state index contributed by atoms with van der Waals surface area (Å²) >= 11 is 0. The number of likely N-dealkylation sites (tertiary alicyclic amines) is 1. The molecule has 0 bridgehead atoms. The van der Waals surface area contributed by atoms with Gasteiger partial charge in [0.05, 0.1) is 7.11 Å². The highest BCUT2D eigenvalue weighted by atomic mass is 16.5. The molecule has 2 heterocycles. The minimum atomic E-state index is 0.539. The molecule has 1 saturated heterocycles. The third-order valence-electron chi connectivity index (χ3n) is 3.12. The summed E-state index contributed by atoms with van der Waals surface area (Å²) < 4.78 is 5.06. The molecule has 0 amide bonds. The molecular formula is C12H18N2O. The Labute approximate surface area is 91.1 Å². The summed E-state index contributed by atoms with van der Waals surface area (Å²) in [5.41, 5.74) is 1.30. The topological polar surface area (TPSA) is 25.4 Å². The lowest BCUT2D eigenvalue weighted by Crippen LogP contribution is -2.29. The van der Waals surface area contributed by atoms with E-state index in [-0.39, 0.29) is 0 Å². The minimum Gasteiger partial charge on any atom is -0.481 e. The molecule has 0 spiro atoms. The van der Waals surface area contributed by atoms with Gasteiger partial charge in [0, 0.05) is 18.3 Å². The highest BCUT2D eigenvalue weighted by Gasteiger charge is 2.20. The van der Waals surface area contributed by atoms with E-state index >= 15 is 0 Å². The molecule has 1 aliphatic rings. The van der Waals surface area contributed by atoms with E-state index in [1.807, 2.05) is 12.3 Å². The Morgan fingerprint density at radius 3 is 2.87 bits per heavy atom. The number of hydrogen-bond acceptors (Lipinski definition) is 3. The Morgan fingerprint density at radius 2 is 2.27 bits per heavy atom. The molecule has 3 heteroatoms. The van der Waals surface area contributed by atoms with Gasteiger partial charge in [0.2, 0.25) is 5.88 Å².